The average molecular weight is 395 g/mol. The van der Waals surface area contributed by atoms with Gasteiger partial charge in [0, 0.05) is 42.1 Å². The Balaban J connectivity index is 1.41. The Hall–Kier alpha value is -1.58. The van der Waals surface area contributed by atoms with Crippen LogP contribution in [0.3, 0.4) is 0 Å². The Labute approximate surface area is 161 Å². The third-order valence-corrected chi connectivity index (χ3v) is 7.60. The summed E-state index contributed by atoms with van der Waals surface area (Å²) in [4.78, 5) is 37.8. The molecule has 1 saturated carbocycles. The number of β-lactam (4-membered cyclic amide) rings is 1. The van der Waals surface area contributed by atoms with Gasteiger partial charge in [-0.25, -0.2) is 4.79 Å². The number of nitrogens with zero attached hydrogens (tertiary/aromatic N) is 1. The molecule has 0 unspecified atom stereocenters. The van der Waals surface area contributed by atoms with Crippen LogP contribution in [0.4, 0.5) is 0 Å². The number of amides is 2. The van der Waals surface area contributed by atoms with E-state index in [4.69, 9.17) is 0 Å². The number of aliphatic hydroxyl groups is 1. The molecule has 4 aliphatic rings. The molecule has 2 saturated heterocycles. The van der Waals surface area contributed by atoms with Crippen molar-refractivity contribution in [2.24, 2.45) is 17.8 Å². The van der Waals surface area contributed by atoms with Crippen molar-refractivity contribution in [3.05, 3.63) is 10.6 Å². The van der Waals surface area contributed by atoms with Crippen molar-refractivity contribution in [3.63, 3.8) is 0 Å². The van der Waals surface area contributed by atoms with E-state index in [0.29, 0.717) is 12.3 Å². The fourth-order valence-electron chi connectivity index (χ4n) is 4.83. The highest BCUT2D eigenvalue weighted by molar-refractivity contribution is 8.03. The molecule has 0 aromatic rings. The average Bonchev–Trinajstić information content (AvgIpc) is 3.16. The van der Waals surface area contributed by atoms with Gasteiger partial charge in [-0.1, -0.05) is 0 Å². The molecule has 27 heavy (non-hydrogen) atoms. The standard InChI is InChI=1S/C18H25N3O5S/c1-7(22)14-12-5-13(15(18(25)26)21(12)17(14)24)27-8-3-11(20-6-8)9-4-10(9)16(23)19-2/h7-12,14,20,22H,3-6H2,1-2H3,(H,19,23)(H,25,26)/t7-,8+,9-,10-,11+,12-,14-/m1/s1. The van der Waals surface area contributed by atoms with Gasteiger partial charge in [0.1, 0.15) is 5.70 Å². The van der Waals surface area contributed by atoms with Crippen molar-refractivity contribution in [1.82, 2.24) is 15.5 Å². The fraction of sp³-hybridized carbons (Fsp3) is 0.722. The first-order chi connectivity index (χ1) is 12.8. The molecule has 4 rings (SSSR count). The van der Waals surface area contributed by atoms with Crippen LogP contribution in [-0.4, -0.2) is 69.9 Å². The third-order valence-electron chi connectivity index (χ3n) is 6.26. The van der Waals surface area contributed by atoms with Gasteiger partial charge in [0.2, 0.25) is 11.8 Å². The topological polar surface area (TPSA) is 119 Å². The summed E-state index contributed by atoms with van der Waals surface area (Å²) in [7, 11) is 1.66. The summed E-state index contributed by atoms with van der Waals surface area (Å²) in [5.74, 6) is -1.35. The lowest BCUT2D eigenvalue weighted by Gasteiger charge is -2.44. The lowest BCUT2D eigenvalue weighted by atomic mass is 9.83. The molecule has 148 valence electrons. The highest BCUT2D eigenvalue weighted by Gasteiger charge is 2.57. The number of nitrogens with one attached hydrogen (secondary N) is 2. The number of hydrogen-bond donors (Lipinski definition) is 4. The molecule has 0 radical (unpaired) electrons. The Morgan fingerprint density at radius 1 is 1.37 bits per heavy atom. The molecular weight excluding hydrogens is 370 g/mol. The van der Waals surface area contributed by atoms with Crippen LogP contribution >= 0.6 is 11.8 Å². The van der Waals surface area contributed by atoms with Gasteiger partial charge in [0.05, 0.1) is 18.1 Å². The summed E-state index contributed by atoms with van der Waals surface area (Å²) < 4.78 is 0. The Bertz CT molecular complexity index is 724. The molecule has 9 heteroatoms. The molecule has 2 amide bonds. The van der Waals surface area contributed by atoms with E-state index in [-0.39, 0.29) is 40.8 Å². The number of carbonyl (C=O) groups is 3. The normalized spacial score (nSPS) is 38.5. The maximum atomic E-state index is 12.3. The van der Waals surface area contributed by atoms with E-state index < -0.39 is 18.0 Å². The van der Waals surface area contributed by atoms with Crippen LogP contribution in [0, 0.1) is 17.8 Å². The number of carboxylic acids is 1. The van der Waals surface area contributed by atoms with Gasteiger partial charge in [-0.3, -0.25) is 9.59 Å². The van der Waals surface area contributed by atoms with Crippen molar-refractivity contribution < 1.29 is 24.6 Å². The first-order valence-corrected chi connectivity index (χ1v) is 10.3. The van der Waals surface area contributed by atoms with Crippen molar-refractivity contribution in [2.75, 3.05) is 13.6 Å². The molecular formula is C18H25N3O5S. The van der Waals surface area contributed by atoms with E-state index in [1.165, 1.54) is 16.7 Å². The van der Waals surface area contributed by atoms with E-state index in [1.807, 2.05) is 0 Å². The van der Waals surface area contributed by atoms with Crippen molar-refractivity contribution in [2.45, 2.75) is 49.6 Å². The predicted octanol–water partition coefficient (Wildman–Crippen LogP) is -0.260. The number of hydrogen-bond acceptors (Lipinski definition) is 6. The van der Waals surface area contributed by atoms with E-state index in [1.54, 1.807) is 14.0 Å². The Morgan fingerprint density at radius 3 is 2.74 bits per heavy atom. The zero-order valence-corrected chi connectivity index (χ0v) is 16.2. The van der Waals surface area contributed by atoms with Crippen LogP contribution in [-0.2, 0) is 14.4 Å². The van der Waals surface area contributed by atoms with Gasteiger partial charge < -0.3 is 25.7 Å². The Morgan fingerprint density at radius 2 is 2.11 bits per heavy atom. The maximum Gasteiger partial charge on any atom is 0.353 e. The summed E-state index contributed by atoms with van der Waals surface area (Å²) in [6, 6.07) is 0.0428. The van der Waals surface area contributed by atoms with Crippen molar-refractivity contribution in [3.8, 4) is 0 Å². The molecule has 3 heterocycles. The van der Waals surface area contributed by atoms with E-state index in [2.05, 4.69) is 10.6 Å². The van der Waals surface area contributed by atoms with Crippen molar-refractivity contribution in [1.29, 1.82) is 0 Å². The fourth-order valence-corrected chi connectivity index (χ4v) is 6.28. The zero-order valence-electron chi connectivity index (χ0n) is 15.3. The predicted molar refractivity (Wildman–Crippen MR) is 98.5 cm³/mol. The van der Waals surface area contributed by atoms with Crippen LogP contribution < -0.4 is 10.6 Å². The smallest absolute Gasteiger partial charge is 0.353 e. The summed E-state index contributed by atoms with van der Waals surface area (Å²) >= 11 is 1.54. The van der Waals surface area contributed by atoms with Gasteiger partial charge in [-0.05, 0) is 25.7 Å². The third kappa shape index (κ3) is 3.05. The second-order valence-electron chi connectivity index (χ2n) is 7.93. The number of thioether (sulfide) groups is 1. The molecule has 0 bridgehead atoms. The second kappa shape index (κ2) is 6.79. The van der Waals surface area contributed by atoms with Gasteiger partial charge in [-0.2, -0.15) is 0 Å². The first-order valence-electron chi connectivity index (χ1n) is 9.42. The maximum absolute atomic E-state index is 12.3. The number of aliphatic carboxylic acids is 1. The number of carbonyl (C=O) groups excluding carboxylic acids is 2. The highest BCUT2D eigenvalue weighted by atomic mass is 32.2. The summed E-state index contributed by atoms with van der Waals surface area (Å²) in [5.41, 5.74) is 0.0880. The van der Waals surface area contributed by atoms with E-state index in [0.717, 1.165) is 24.3 Å². The number of fused-ring (bicyclic) bond motifs is 1. The van der Waals surface area contributed by atoms with Gasteiger partial charge in [0.25, 0.3) is 0 Å². The minimum absolute atomic E-state index is 0.0860. The molecule has 3 fully saturated rings. The van der Waals surface area contributed by atoms with Crippen LogP contribution in [0.15, 0.2) is 10.6 Å². The SMILES string of the molecule is CNC(=O)[C@@H]1C[C@H]1[C@@H]1C[C@H](SC2=C(C(=O)O)N3C(=O)[C@H]([C@@H](C)O)[C@H]3C2)CN1. The largest absolute Gasteiger partial charge is 0.477 e. The molecule has 0 aromatic heterocycles. The lowest BCUT2D eigenvalue weighted by Crippen LogP contribution is -2.61. The molecule has 8 nitrogen and oxygen atoms in total. The van der Waals surface area contributed by atoms with Gasteiger partial charge >= 0.3 is 5.97 Å². The van der Waals surface area contributed by atoms with Crippen LogP contribution in [0.25, 0.3) is 0 Å². The molecule has 0 spiro atoms. The lowest BCUT2D eigenvalue weighted by molar-refractivity contribution is -0.161. The number of aliphatic hydroxyl groups excluding tert-OH is 1. The Kier molecular flexibility index (Phi) is 4.72. The van der Waals surface area contributed by atoms with Crippen LogP contribution in [0.2, 0.25) is 0 Å². The second-order valence-corrected chi connectivity index (χ2v) is 9.33. The summed E-state index contributed by atoms with van der Waals surface area (Å²) in [5, 5.41) is 25.8. The summed E-state index contributed by atoms with van der Waals surface area (Å²) in [6.45, 7) is 2.34. The molecule has 7 atom stereocenters. The van der Waals surface area contributed by atoms with Gasteiger partial charge in [0.15, 0.2) is 0 Å². The first kappa shape index (κ1) is 18.8. The zero-order chi connectivity index (χ0) is 19.5. The minimum atomic E-state index is -1.08. The summed E-state index contributed by atoms with van der Waals surface area (Å²) in [6.07, 6.45) is 1.52. The van der Waals surface area contributed by atoms with Crippen LogP contribution in [0.1, 0.15) is 26.2 Å². The molecule has 3 aliphatic heterocycles. The highest BCUT2D eigenvalue weighted by Crippen LogP contribution is 2.50. The van der Waals surface area contributed by atoms with Crippen molar-refractivity contribution >= 4 is 29.5 Å². The molecule has 1 aliphatic carbocycles. The van der Waals surface area contributed by atoms with Gasteiger partial charge in [-0.15, -0.1) is 11.8 Å². The molecule has 0 aromatic carbocycles. The quantitative estimate of drug-likeness (QED) is 0.458. The van der Waals surface area contributed by atoms with E-state index >= 15 is 0 Å². The number of carboxylic acid groups (broad SMARTS) is 1. The monoisotopic (exact) mass is 395 g/mol. The van der Waals surface area contributed by atoms with Crippen LogP contribution in [0.5, 0.6) is 0 Å². The number of rotatable bonds is 6. The van der Waals surface area contributed by atoms with E-state index in [9.17, 15) is 24.6 Å². The minimum Gasteiger partial charge on any atom is -0.477 e. The molecule has 4 N–H and O–H groups in total.